The number of piperazine rings is 1. The van der Waals surface area contributed by atoms with Gasteiger partial charge in [-0.2, -0.15) is 0 Å². The molecule has 0 aliphatic carbocycles. The van der Waals surface area contributed by atoms with E-state index >= 15 is 0 Å². The Bertz CT molecular complexity index is 1240. The van der Waals surface area contributed by atoms with Crippen LogP contribution in [0.2, 0.25) is 5.02 Å². The van der Waals surface area contributed by atoms with Crippen molar-refractivity contribution in [1.29, 1.82) is 0 Å². The summed E-state index contributed by atoms with van der Waals surface area (Å²) in [5.74, 6) is 1.15. The van der Waals surface area contributed by atoms with Gasteiger partial charge in [0.2, 0.25) is 5.91 Å². The first-order chi connectivity index (χ1) is 16.7. The number of amides is 1. The van der Waals surface area contributed by atoms with Gasteiger partial charge in [-0.05, 0) is 48.5 Å². The molecule has 0 saturated carbocycles. The molecule has 1 aliphatic heterocycles. The lowest BCUT2D eigenvalue weighted by Gasteiger charge is -2.36. The number of hydrogen-bond acceptors (Lipinski definition) is 5. The SMILES string of the molecule is O=C(CSc1nnc(-c2ccc(Cl)cc2)n1-c1ccccc1)N1CCN(c2ccccc2)CC1. The van der Waals surface area contributed by atoms with Crippen molar-refractivity contribution in [3.05, 3.63) is 90.0 Å². The minimum absolute atomic E-state index is 0.119. The first kappa shape index (κ1) is 22.5. The van der Waals surface area contributed by atoms with E-state index in [0.29, 0.717) is 21.8 Å². The van der Waals surface area contributed by atoms with Crippen LogP contribution in [0.1, 0.15) is 0 Å². The summed E-state index contributed by atoms with van der Waals surface area (Å²) in [6.45, 7) is 3.11. The molecule has 8 heteroatoms. The third kappa shape index (κ3) is 4.95. The standard InChI is InChI=1S/C26H24ClN5OS/c27-21-13-11-20(12-14-21)25-28-29-26(32(25)23-9-5-2-6-10-23)34-19-24(33)31-17-15-30(16-18-31)22-7-3-1-4-8-22/h1-14H,15-19H2. The maximum atomic E-state index is 13.0. The van der Waals surface area contributed by atoms with Crippen LogP contribution in [-0.2, 0) is 4.79 Å². The first-order valence-corrected chi connectivity index (χ1v) is 12.5. The number of rotatable bonds is 6. The molecular formula is C26H24ClN5OS. The second kappa shape index (κ2) is 10.3. The number of hydrogen-bond donors (Lipinski definition) is 0. The van der Waals surface area contributed by atoms with Crippen molar-refractivity contribution in [2.45, 2.75) is 5.16 Å². The van der Waals surface area contributed by atoms with Crippen molar-refractivity contribution in [3.63, 3.8) is 0 Å². The number of aromatic nitrogens is 3. The lowest BCUT2D eigenvalue weighted by molar-refractivity contribution is -0.128. The topological polar surface area (TPSA) is 54.3 Å². The Balaban J connectivity index is 1.29. The highest BCUT2D eigenvalue weighted by Crippen LogP contribution is 2.29. The van der Waals surface area contributed by atoms with E-state index in [1.807, 2.05) is 82.3 Å². The number of nitrogens with zero attached hydrogens (tertiary/aromatic N) is 5. The summed E-state index contributed by atoms with van der Waals surface area (Å²) in [6.07, 6.45) is 0. The molecule has 0 N–H and O–H groups in total. The van der Waals surface area contributed by atoms with Crippen molar-refractivity contribution < 1.29 is 4.79 Å². The van der Waals surface area contributed by atoms with E-state index in [2.05, 4.69) is 27.2 Å². The third-order valence-corrected chi connectivity index (χ3v) is 6.99. The van der Waals surface area contributed by atoms with Crippen molar-refractivity contribution in [1.82, 2.24) is 19.7 Å². The molecule has 0 bridgehead atoms. The number of para-hydroxylation sites is 2. The zero-order chi connectivity index (χ0) is 23.3. The van der Waals surface area contributed by atoms with Gasteiger partial charge < -0.3 is 9.80 Å². The van der Waals surface area contributed by atoms with Crippen LogP contribution in [0.15, 0.2) is 90.1 Å². The van der Waals surface area contributed by atoms with Crippen LogP contribution in [0.5, 0.6) is 0 Å². The zero-order valence-electron chi connectivity index (χ0n) is 18.5. The summed E-state index contributed by atoms with van der Waals surface area (Å²) in [4.78, 5) is 17.3. The molecule has 6 nitrogen and oxygen atoms in total. The van der Waals surface area contributed by atoms with Crippen LogP contribution < -0.4 is 4.90 Å². The highest BCUT2D eigenvalue weighted by Gasteiger charge is 2.23. The molecule has 1 saturated heterocycles. The van der Waals surface area contributed by atoms with Crippen LogP contribution >= 0.6 is 23.4 Å². The molecule has 0 radical (unpaired) electrons. The van der Waals surface area contributed by atoms with Gasteiger partial charge in [-0.15, -0.1) is 10.2 Å². The molecule has 1 aliphatic rings. The fourth-order valence-electron chi connectivity index (χ4n) is 4.03. The first-order valence-electron chi connectivity index (χ1n) is 11.2. The molecule has 1 aromatic heterocycles. The third-order valence-electron chi connectivity index (χ3n) is 5.83. The van der Waals surface area contributed by atoms with E-state index in [1.165, 1.54) is 17.4 Å². The fourth-order valence-corrected chi connectivity index (χ4v) is 5.01. The molecule has 0 spiro atoms. The maximum absolute atomic E-state index is 13.0. The highest BCUT2D eigenvalue weighted by atomic mass is 35.5. The molecule has 34 heavy (non-hydrogen) atoms. The van der Waals surface area contributed by atoms with Crippen LogP contribution in [0.3, 0.4) is 0 Å². The van der Waals surface area contributed by atoms with Crippen LogP contribution in [-0.4, -0.2) is 57.5 Å². The van der Waals surface area contributed by atoms with Gasteiger partial charge in [0.15, 0.2) is 11.0 Å². The quantitative estimate of drug-likeness (QED) is 0.356. The van der Waals surface area contributed by atoms with Gasteiger partial charge in [0.25, 0.3) is 0 Å². The second-order valence-corrected chi connectivity index (χ2v) is 9.36. The Labute approximate surface area is 208 Å². The predicted octanol–water partition coefficient (Wildman–Crippen LogP) is 5.03. The molecule has 2 heterocycles. The number of halogens is 1. The molecule has 1 amide bonds. The molecule has 5 rings (SSSR count). The molecule has 0 atom stereocenters. The Kier molecular flexibility index (Phi) is 6.83. The van der Waals surface area contributed by atoms with E-state index in [4.69, 9.17) is 11.6 Å². The summed E-state index contributed by atoms with van der Waals surface area (Å²) in [5, 5.41) is 10.2. The molecule has 4 aromatic rings. The molecule has 1 fully saturated rings. The van der Waals surface area contributed by atoms with E-state index in [9.17, 15) is 4.79 Å². The minimum atomic E-state index is 0.119. The monoisotopic (exact) mass is 489 g/mol. The Morgan fingerprint density at radius 3 is 2.06 bits per heavy atom. The van der Waals surface area contributed by atoms with E-state index in [-0.39, 0.29) is 5.91 Å². The normalized spacial score (nSPS) is 13.8. The van der Waals surface area contributed by atoms with E-state index < -0.39 is 0 Å². The lowest BCUT2D eigenvalue weighted by atomic mass is 10.2. The Morgan fingerprint density at radius 1 is 0.794 bits per heavy atom. The fraction of sp³-hybridized carbons (Fsp3) is 0.192. The summed E-state index contributed by atoms with van der Waals surface area (Å²) >= 11 is 7.49. The number of carbonyl (C=O) groups excluding carboxylic acids is 1. The van der Waals surface area contributed by atoms with Gasteiger partial charge in [0.1, 0.15) is 0 Å². The number of benzene rings is 3. The molecule has 172 valence electrons. The zero-order valence-corrected chi connectivity index (χ0v) is 20.1. The van der Waals surface area contributed by atoms with Gasteiger partial charge in [-0.3, -0.25) is 9.36 Å². The Morgan fingerprint density at radius 2 is 1.41 bits per heavy atom. The van der Waals surface area contributed by atoms with Gasteiger partial charge >= 0.3 is 0 Å². The van der Waals surface area contributed by atoms with Crippen molar-refractivity contribution >= 4 is 35.0 Å². The summed E-state index contributed by atoms with van der Waals surface area (Å²) in [5.41, 5.74) is 3.06. The van der Waals surface area contributed by atoms with Gasteiger partial charge in [0, 0.05) is 48.1 Å². The predicted molar refractivity (Wildman–Crippen MR) is 138 cm³/mol. The summed E-state index contributed by atoms with van der Waals surface area (Å²) in [7, 11) is 0. The van der Waals surface area contributed by atoms with Crippen LogP contribution in [0.4, 0.5) is 5.69 Å². The van der Waals surface area contributed by atoms with Crippen molar-refractivity contribution in [2.24, 2.45) is 0 Å². The summed E-state index contributed by atoms with van der Waals surface area (Å²) < 4.78 is 1.99. The van der Waals surface area contributed by atoms with E-state index in [1.54, 1.807) is 0 Å². The average Bonchev–Trinajstić information content (AvgIpc) is 3.33. The highest BCUT2D eigenvalue weighted by molar-refractivity contribution is 7.99. The number of anilines is 1. The molecule has 3 aromatic carbocycles. The van der Waals surface area contributed by atoms with Gasteiger partial charge in [0.05, 0.1) is 5.75 Å². The van der Waals surface area contributed by atoms with Gasteiger partial charge in [-0.25, -0.2) is 0 Å². The number of thioether (sulfide) groups is 1. The van der Waals surface area contributed by atoms with Crippen molar-refractivity contribution in [2.75, 3.05) is 36.8 Å². The maximum Gasteiger partial charge on any atom is 0.233 e. The molecule has 0 unspecified atom stereocenters. The smallest absolute Gasteiger partial charge is 0.233 e. The minimum Gasteiger partial charge on any atom is -0.368 e. The van der Waals surface area contributed by atoms with Crippen molar-refractivity contribution in [3.8, 4) is 17.1 Å². The summed E-state index contributed by atoms with van der Waals surface area (Å²) in [6, 6.07) is 27.8. The van der Waals surface area contributed by atoms with Crippen LogP contribution in [0, 0.1) is 0 Å². The number of carbonyl (C=O) groups is 1. The largest absolute Gasteiger partial charge is 0.368 e. The van der Waals surface area contributed by atoms with E-state index in [0.717, 1.165) is 37.4 Å². The van der Waals surface area contributed by atoms with Gasteiger partial charge in [-0.1, -0.05) is 59.8 Å². The molecular weight excluding hydrogens is 466 g/mol. The average molecular weight is 490 g/mol. The Hall–Kier alpha value is -3.29. The lowest BCUT2D eigenvalue weighted by Crippen LogP contribution is -2.49. The van der Waals surface area contributed by atoms with Crippen LogP contribution in [0.25, 0.3) is 17.1 Å². The second-order valence-electron chi connectivity index (χ2n) is 7.98.